The van der Waals surface area contributed by atoms with E-state index in [-0.39, 0.29) is 11.8 Å². The van der Waals surface area contributed by atoms with Crippen LogP contribution in [0.1, 0.15) is 30.6 Å². The molecule has 0 spiro atoms. The van der Waals surface area contributed by atoms with Crippen LogP contribution in [-0.2, 0) is 4.79 Å². The molecule has 1 aliphatic rings. The molecule has 130 valence electrons. The zero-order valence-corrected chi connectivity index (χ0v) is 14.7. The van der Waals surface area contributed by atoms with Crippen LogP contribution < -0.4 is 4.74 Å². The average molecular weight is 330 g/mol. The van der Waals surface area contributed by atoms with Gasteiger partial charge in [-0.05, 0) is 31.5 Å². The number of nitrogens with zero attached hydrogens (tertiary/aromatic N) is 2. The van der Waals surface area contributed by atoms with Gasteiger partial charge in [-0.1, -0.05) is 19.1 Å². The number of benzene rings is 1. The Bertz CT molecular complexity index is 621. The van der Waals surface area contributed by atoms with Crippen molar-refractivity contribution in [2.75, 3.05) is 33.3 Å². The van der Waals surface area contributed by atoms with E-state index in [4.69, 9.17) is 4.74 Å². The first-order chi connectivity index (χ1) is 11.4. The van der Waals surface area contributed by atoms with E-state index < -0.39 is 5.41 Å². The Morgan fingerprint density at radius 2 is 1.88 bits per heavy atom. The van der Waals surface area contributed by atoms with Crippen LogP contribution in [0, 0.1) is 5.41 Å². The van der Waals surface area contributed by atoms with Crippen LogP contribution in [0.25, 0.3) is 0 Å². The summed E-state index contributed by atoms with van der Waals surface area (Å²) in [4.78, 5) is 28.9. The molecule has 2 rings (SSSR count). The summed E-state index contributed by atoms with van der Waals surface area (Å²) in [6.45, 7) is 9.88. The van der Waals surface area contributed by atoms with Crippen molar-refractivity contribution in [3.05, 3.63) is 42.5 Å². The van der Waals surface area contributed by atoms with Gasteiger partial charge in [-0.3, -0.25) is 9.59 Å². The number of carbonyl (C=O) groups is 2. The van der Waals surface area contributed by atoms with Crippen LogP contribution in [0.2, 0.25) is 0 Å². The Morgan fingerprint density at radius 3 is 2.42 bits per heavy atom. The van der Waals surface area contributed by atoms with Gasteiger partial charge in [0.1, 0.15) is 5.75 Å². The van der Waals surface area contributed by atoms with E-state index in [1.54, 1.807) is 30.2 Å². The molecule has 0 unspecified atom stereocenters. The maximum absolute atomic E-state index is 12.6. The van der Waals surface area contributed by atoms with E-state index in [2.05, 4.69) is 6.58 Å². The molecule has 1 heterocycles. The second kappa shape index (κ2) is 7.51. The van der Waals surface area contributed by atoms with Crippen LogP contribution in [0.4, 0.5) is 0 Å². The number of hydrogen-bond acceptors (Lipinski definition) is 3. The van der Waals surface area contributed by atoms with Gasteiger partial charge in [-0.15, -0.1) is 6.58 Å². The lowest BCUT2D eigenvalue weighted by Crippen LogP contribution is -2.53. The molecular weight excluding hydrogens is 304 g/mol. The molecule has 0 saturated carbocycles. The number of carbonyl (C=O) groups excluding carboxylic acids is 2. The van der Waals surface area contributed by atoms with Crippen LogP contribution in [-0.4, -0.2) is 54.9 Å². The zero-order valence-electron chi connectivity index (χ0n) is 14.7. The van der Waals surface area contributed by atoms with Gasteiger partial charge >= 0.3 is 0 Å². The third kappa shape index (κ3) is 3.61. The molecule has 0 aliphatic carbocycles. The first kappa shape index (κ1) is 18.0. The topological polar surface area (TPSA) is 49.9 Å². The highest BCUT2D eigenvalue weighted by Crippen LogP contribution is 2.26. The molecule has 2 amide bonds. The Kier molecular flexibility index (Phi) is 5.65. The fourth-order valence-electron chi connectivity index (χ4n) is 2.80. The van der Waals surface area contributed by atoms with E-state index >= 15 is 0 Å². The third-order valence-electron chi connectivity index (χ3n) is 4.84. The number of ether oxygens (including phenoxy) is 1. The summed E-state index contributed by atoms with van der Waals surface area (Å²) < 4.78 is 5.17. The Hall–Kier alpha value is -2.30. The molecule has 1 aliphatic heterocycles. The van der Waals surface area contributed by atoms with Gasteiger partial charge in [0.05, 0.1) is 12.5 Å². The van der Waals surface area contributed by atoms with Crippen molar-refractivity contribution in [2.45, 2.75) is 20.3 Å². The molecule has 1 fully saturated rings. The number of hydrogen-bond donors (Lipinski definition) is 0. The Balaban J connectivity index is 2.00. The van der Waals surface area contributed by atoms with Crippen molar-refractivity contribution < 1.29 is 14.3 Å². The van der Waals surface area contributed by atoms with Crippen LogP contribution >= 0.6 is 0 Å². The zero-order chi connectivity index (χ0) is 17.7. The maximum Gasteiger partial charge on any atom is 0.254 e. The predicted molar refractivity (Wildman–Crippen MR) is 94.1 cm³/mol. The van der Waals surface area contributed by atoms with Gasteiger partial charge in [-0.2, -0.15) is 0 Å². The largest absolute Gasteiger partial charge is 0.497 e. The SMILES string of the molecule is C=C[C@](C)(CC)C(=O)N1CCN(C(=O)c2cccc(OC)c2)CC1. The quantitative estimate of drug-likeness (QED) is 0.780. The molecule has 0 radical (unpaired) electrons. The number of methoxy groups -OCH3 is 1. The van der Waals surface area contributed by atoms with Crippen molar-refractivity contribution in [3.63, 3.8) is 0 Å². The third-order valence-corrected chi connectivity index (χ3v) is 4.84. The molecule has 5 heteroatoms. The lowest BCUT2D eigenvalue weighted by Gasteiger charge is -2.38. The van der Waals surface area contributed by atoms with Gasteiger partial charge in [0.2, 0.25) is 5.91 Å². The summed E-state index contributed by atoms with van der Waals surface area (Å²) >= 11 is 0. The number of amides is 2. The number of piperazine rings is 1. The minimum absolute atomic E-state index is 0.0250. The molecule has 1 saturated heterocycles. The van der Waals surface area contributed by atoms with E-state index in [0.29, 0.717) is 37.5 Å². The summed E-state index contributed by atoms with van der Waals surface area (Å²) in [6, 6.07) is 7.15. The summed E-state index contributed by atoms with van der Waals surface area (Å²) in [5.41, 5.74) is 0.0810. The highest BCUT2D eigenvalue weighted by molar-refractivity contribution is 5.95. The molecule has 1 aromatic carbocycles. The van der Waals surface area contributed by atoms with Crippen molar-refractivity contribution in [3.8, 4) is 5.75 Å². The van der Waals surface area contributed by atoms with Gasteiger partial charge < -0.3 is 14.5 Å². The van der Waals surface area contributed by atoms with Crippen LogP contribution in [0.15, 0.2) is 36.9 Å². The Labute approximate surface area is 143 Å². The lowest BCUT2D eigenvalue weighted by atomic mass is 9.86. The molecular formula is C19H26N2O3. The standard InChI is InChI=1S/C19H26N2O3/c1-5-19(3,6-2)18(23)21-12-10-20(11-13-21)17(22)15-8-7-9-16(14-15)24-4/h5,7-9,14H,1,6,10-13H2,2-4H3/t19-/m1/s1. The van der Waals surface area contributed by atoms with Crippen LogP contribution in [0.3, 0.4) is 0 Å². The van der Waals surface area contributed by atoms with E-state index in [0.717, 1.165) is 6.42 Å². The second-order valence-electron chi connectivity index (χ2n) is 6.29. The predicted octanol–water partition coefficient (Wildman–Crippen LogP) is 2.58. The first-order valence-electron chi connectivity index (χ1n) is 8.31. The van der Waals surface area contributed by atoms with Crippen molar-refractivity contribution in [1.29, 1.82) is 0 Å². The highest BCUT2D eigenvalue weighted by Gasteiger charge is 2.34. The van der Waals surface area contributed by atoms with Gasteiger partial charge in [0, 0.05) is 31.7 Å². The normalized spacial score (nSPS) is 17.1. The van der Waals surface area contributed by atoms with Crippen LogP contribution in [0.5, 0.6) is 5.75 Å². The summed E-state index contributed by atoms with van der Waals surface area (Å²) in [7, 11) is 1.58. The van der Waals surface area contributed by atoms with E-state index in [9.17, 15) is 9.59 Å². The van der Waals surface area contributed by atoms with Crippen molar-refractivity contribution in [1.82, 2.24) is 9.80 Å². The van der Waals surface area contributed by atoms with Crippen molar-refractivity contribution in [2.24, 2.45) is 5.41 Å². The highest BCUT2D eigenvalue weighted by atomic mass is 16.5. The molecule has 5 nitrogen and oxygen atoms in total. The van der Waals surface area contributed by atoms with Crippen molar-refractivity contribution >= 4 is 11.8 Å². The van der Waals surface area contributed by atoms with Gasteiger partial charge in [0.15, 0.2) is 0 Å². The molecule has 0 bridgehead atoms. The molecule has 0 aromatic heterocycles. The molecule has 0 N–H and O–H groups in total. The summed E-state index contributed by atoms with van der Waals surface area (Å²) in [5, 5.41) is 0. The molecule has 1 atom stereocenters. The average Bonchev–Trinajstić information content (AvgIpc) is 2.66. The van der Waals surface area contributed by atoms with E-state index in [1.165, 1.54) is 0 Å². The lowest BCUT2D eigenvalue weighted by molar-refractivity contribution is -0.140. The smallest absolute Gasteiger partial charge is 0.254 e. The monoisotopic (exact) mass is 330 g/mol. The second-order valence-corrected chi connectivity index (χ2v) is 6.29. The van der Waals surface area contributed by atoms with Gasteiger partial charge in [0.25, 0.3) is 5.91 Å². The first-order valence-corrected chi connectivity index (χ1v) is 8.31. The molecule has 24 heavy (non-hydrogen) atoms. The Morgan fingerprint density at radius 1 is 1.25 bits per heavy atom. The summed E-state index contributed by atoms with van der Waals surface area (Å²) in [5.74, 6) is 0.732. The minimum atomic E-state index is -0.529. The fourth-order valence-corrected chi connectivity index (χ4v) is 2.80. The van der Waals surface area contributed by atoms with E-state index in [1.807, 2.05) is 30.9 Å². The minimum Gasteiger partial charge on any atom is -0.497 e. The van der Waals surface area contributed by atoms with Gasteiger partial charge in [-0.25, -0.2) is 0 Å². The summed E-state index contributed by atoms with van der Waals surface area (Å²) in [6.07, 6.45) is 2.45. The molecule has 1 aromatic rings. The fraction of sp³-hybridized carbons (Fsp3) is 0.474. The maximum atomic E-state index is 12.6. The number of rotatable bonds is 5.